The van der Waals surface area contributed by atoms with E-state index in [4.69, 9.17) is 19.2 Å². The summed E-state index contributed by atoms with van der Waals surface area (Å²) in [6.45, 7) is 0.268. The summed E-state index contributed by atoms with van der Waals surface area (Å²) in [4.78, 5) is 30.0. The molecule has 0 spiro atoms. The first-order valence-electron chi connectivity index (χ1n) is 17.8. The molecule has 11 heteroatoms. The molecule has 276 valence electrons. The number of aromatic nitrogens is 1. The highest BCUT2D eigenvalue weighted by Gasteiger charge is 2.32. The molecule has 6 aromatic rings. The number of hydrogen-bond donors (Lipinski definition) is 3. The van der Waals surface area contributed by atoms with E-state index in [1.807, 2.05) is 109 Å². The number of aliphatic hydroxyl groups excluding tert-OH is 1. The molecular weight excluding hydrogens is 719 g/mol. The number of carbonyl (C=O) groups excluding carboxylic acids is 2. The van der Waals surface area contributed by atoms with Crippen molar-refractivity contribution in [2.75, 3.05) is 12.9 Å². The predicted molar refractivity (Wildman–Crippen MR) is 212 cm³/mol. The molecule has 0 radical (unpaired) electrons. The van der Waals surface area contributed by atoms with E-state index in [2.05, 4.69) is 28.8 Å². The van der Waals surface area contributed by atoms with Gasteiger partial charge < -0.3 is 30.0 Å². The minimum absolute atomic E-state index is 0.00721. The Kier molecular flexibility index (Phi) is 12.3. The third-order valence-corrected chi connectivity index (χ3v) is 11.6. The zero-order chi connectivity index (χ0) is 37.3. The Morgan fingerprint density at radius 2 is 1.59 bits per heavy atom. The van der Waals surface area contributed by atoms with Crippen LogP contribution in [0.5, 0.6) is 0 Å². The van der Waals surface area contributed by atoms with E-state index in [0.717, 1.165) is 54.6 Å². The first-order chi connectivity index (χ1) is 26.4. The molecule has 0 unspecified atom stereocenters. The molecule has 9 nitrogen and oxygen atoms in total. The fraction of sp³-hybridized carbons (Fsp3) is 0.233. The lowest BCUT2D eigenvalue weighted by atomic mass is 9.99. The molecule has 1 aromatic heterocycles. The molecule has 0 bridgehead atoms. The number of esters is 1. The van der Waals surface area contributed by atoms with Gasteiger partial charge in [-0.15, -0.1) is 11.3 Å². The van der Waals surface area contributed by atoms with E-state index in [1.165, 1.54) is 11.8 Å². The molecule has 1 saturated heterocycles. The number of methoxy groups -OCH3 is 1. The van der Waals surface area contributed by atoms with Crippen LogP contribution in [0.4, 0.5) is 4.79 Å². The summed E-state index contributed by atoms with van der Waals surface area (Å²) < 4.78 is 20.3. The number of fused-ring (bicyclic) bond motifs is 1. The average Bonchev–Trinajstić information content (AvgIpc) is 3.65. The number of amides is 2. The molecule has 1 fully saturated rings. The third-order valence-electron chi connectivity index (χ3n) is 9.25. The highest BCUT2D eigenvalue weighted by molar-refractivity contribution is 8.01. The lowest BCUT2D eigenvalue weighted by Gasteiger charge is -2.36. The molecule has 4 atom stereocenters. The fourth-order valence-electron chi connectivity index (χ4n) is 6.37. The summed E-state index contributed by atoms with van der Waals surface area (Å²) in [6, 6.07) is 40.4. The Morgan fingerprint density at radius 3 is 2.35 bits per heavy atom. The van der Waals surface area contributed by atoms with Gasteiger partial charge in [0.25, 0.3) is 0 Å². The van der Waals surface area contributed by atoms with Gasteiger partial charge in [0.15, 0.2) is 10.6 Å². The van der Waals surface area contributed by atoms with Crippen molar-refractivity contribution in [2.24, 2.45) is 0 Å². The first-order valence-corrected chi connectivity index (χ1v) is 19.6. The molecule has 0 saturated carbocycles. The summed E-state index contributed by atoms with van der Waals surface area (Å²) >= 11 is 3.40. The number of hydrogen-bond acceptors (Lipinski definition) is 9. The number of benzene rings is 5. The van der Waals surface area contributed by atoms with Gasteiger partial charge in [0.2, 0.25) is 0 Å². The Balaban J connectivity index is 1.00. The van der Waals surface area contributed by atoms with Gasteiger partial charge in [-0.25, -0.2) is 14.6 Å². The van der Waals surface area contributed by atoms with Gasteiger partial charge in [0, 0.05) is 30.7 Å². The van der Waals surface area contributed by atoms with E-state index >= 15 is 0 Å². The van der Waals surface area contributed by atoms with Crippen LogP contribution in [0.25, 0.3) is 21.3 Å². The van der Waals surface area contributed by atoms with Crippen molar-refractivity contribution >= 4 is 45.3 Å². The largest absolute Gasteiger partial charge is 0.467 e. The maximum atomic E-state index is 12.8. The minimum Gasteiger partial charge on any atom is -0.467 e. The van der Waals surface area contributed by atoms with Crippen molar-refractivity contribution in [2.45, 2.75) is 54.9 Å². The van der Waals surface area contributed by atoms with Gasteiger partial charge in [0.05, 0.1) is 36.1 Å². The van der Waals surface area contributed by atoms with E-state index in [9.17, 15) is 14.7 Å². The highest BCUT2D eigenvalue weighted by Crippen LogP contribution is 2.40. The predicted octanol–water partition coefficient (Wildman–Crippen LogP) is 8.38. The monoisotopic (exact) mass is 759 g/mol. The number of thiazole rings is 1. The van der Waals surface area contributed by atoms with Gasteiger partial charge >= 0.3 is 12.0 Å². The molecule has 1 aliphatic heterocycles. The second-order valence-electron chi connectivity index (χ2n) is 13.0. The molecule has 0 aliphatic carbocycles. The summed E-state index contributed by atoms with van der Waals surface area (Å²) in [5.74, 6) is 0.229. The zero-order valence-corrected chi connectivity index (χ0v) is 31.4. The summed E-state index contributed by atoms with van der Waals surface area (Å²) in [5, 5.41) is 15.2. The van der Waals surface area contributed by atoms with Crippen LogP contribution < -0.4 is 10.6 Å². The summed E-state index contributed by atoms with van der Waals surface area (Å²) in [6.07, 6.45) is 0.192. The van der Waals surface area contributed by atoms with E-state index < -0.39 is 24.3 Å². The van der Waals surface area contributed by atoms with Crippen molar-refractivity contribution in [3.63, 3.8) is 0 Å². The second kappa shape index (κ2) is 17.9. The van der Waals surface area contributed by atoms with Crippen LogP contribution in [0.15, 0.2) is 132 Å². The highest BCUT2D eigenvalue weighted by atomic mass is 32.2. The molecule has 5 aromatic carbocycles. The van der Waals surface area contributed by atoms with Crippen LogP contribution >= 0.6 is 23.1 Å². The van der Waals surface area contributed by atoms with Crippen molar-refractivity contribution < 1.29 is 28.9 Å². The smallest absolute Gasteiger partial charge is 0.328 e. The number of nitrogens with zero attached hydrogens (tertiary/aromatic N) is 1. The topological polar surface area (TPSA) is 119 Å². The lowest BCUT2D eigenvalue weighted by Crippen LogP contribution is -2.47. The van der Waals surface area contributed by atoms with E-state index in [-0.39, 0.29) is 25.4 Å². The van der Waals surface area contributed by atoms with Crippen LogP contribution in [0.1, 0.15) is 46.6 Å². The first kappa shape index (κ1) is 37.3. The Hall–Kier alpha value is -5.04. The maximum Gasteiger partial charge on any atom is 0.328 e. The molecule has 2 heterocycles. The number of aliphatic hydroxyl groups is 1. The van der Waals surface area contributed by atoms with Crippen LogP contribution in [0.2, 0.25) is 0 Å². The van der Waals surface area contributed by atoms with Crippen LogP contribution in [0, 0.1) is 0 Å². The average molecular weight is 760 g/mol. The number of urea groups is 1. The molecule has 3 N–H and O–H groups in total. The van der Waals surface area contributed by atoms with Crippen molar-refractivity contribution in [3.8, 4) is 11.1 Å². The Labute approximate surface area is 322 Å². The number of thioether (sulfide) groups is 1. The van der Waals surface area contributed by atoms with E-state index in [1.54, 1.807) is 23.1 Å². The summed E-state index contributed by atoms with van der Waals surface area (Å²) in [5.41, 5.74) is 7.65. The molecule has 2 amide bonds. The van der Waals surface area contributed by atoms with Crippen LogP contribution in [-0.2, 0) is 38.6 Å². The number of rotatable bonds is 13. The van der Waals surface area contributed by atoms with Crippen molar-refractivity contribution in [1.82, 2.24) is 15.6 Å². The summed E-state index contributed by atoms with van der Waals surface area (Å²) in [7, 11) is 1.31. The standard InChI is InChI=1S/C43H41N3O6S2/c1-50-40(48)37(23-28-8-3-2-4-9-28)45-42(49)44-25-30-10-7-11-34(22-30)31-18-20-33(21-19-31)41-51-35(24-38(52-41)32-16-14-29(26-47)15-17-32)27-53-43-46-36-12-5-6-13-39(36)54-43/h2-22,35,37-38,41,47H,23-27H2,1H3,(H2,44,45,49)/t35-,37-,38+,41+/m0/s1. The zero-order valence-electron chi connectivity index (χ0n) is 29.7. The molecule has 7 rings (SSSR count). The van der Waals surface area contributed by atoms with Crippen molar-refractivity contribution in [1.29, 1.82) is 0 Å². The SMILES string of the molecule is COC(=O)[C@H](Cc1ccccc1)NC(=O)NCc1cccc(-c2ccc([C@@H]3O[C@H](CSc4nc5ccccc5s4)C[C@H](c4ccc(CO)cc4)O3)cc2)c1. The molecular formula is C43H41N3O6S2. The van der Waals surface area contributed by atoms with Gasteiger partial charge in [-0.3, -0.25) is 0 Å². The molecule has 1 aliphatic rings. The number of nitrogens with one attached hydrogen (secondary N) is 2. The Morgan fingerprint density at radius 1 is 0.852 bits per heavy atom. The maximum absolute atomic E-state index is 12.8. The molecule has 54 heavy (non-hydrogen) atoms. The van der Waals surface area contributed by atoms with Gasteiger partial charge in [-0.2, -0.15) is 0 Å². The minimum atomic E-state index is -0.811. The van der Waals surface area contributed by atoms with Crippen molar-refractivity contribution in [3.05, 3.63) is 155 Å². The van der Waals surface area contributed by atoms with Gasteiger partial charge in [-0.05, 0) is 51.6 Å². The normalized spacial score (nSPS) is 17.5. The van der Waals surface area contributed by atoms with Crippen LogP contribution in [0.3, 0.4) is 0 Å². The Bertz CT molecular complexity index is 2130. The van der Waals surface area contributed by atoms with Gasteiger partial charge in [-0.1, -0.05) is 121 Å². The number of ether oxygens (including phenoxy) is 3. The van der Waals surface area contributed by atoms with E-state index in [0.29, 0.717) is 12.8 Å². The van der Waals surface area contributed by atoms with Gasteiger partial charge in [0.1, 0.15) is 6.04 Å². The number of para-hydroxylation sites is 1. The lowest BCUT2D eigenvalue weighted by molar-refractivity contribution is -0.245. The quantitative estimate of drug-likeness (QED) is 0.0794. The van der Waals surface area contributed by atoms with Crippen LogP contribution in [-0.4, -0.2) is 47.1 Å². The second-order valence-corrected chi connectivity index (χ2v) is 15.3. The number of carbonyl (C=O) groups is 2. The fourth-order valence-corrected chi connectivity index (χ4v) is 8.48. The third kappa shape index (κ3) is 9.54.